The maximum absolute atomic E-state index is 10.5. The van der Waals surface area contributed by atoms with Crippen molar-refractivity contribution >= 4 is 16.9 Å². The average molecular weight is 248 g/mol. The van der Waals surface area contributed by atoms with Crippen LogP contribution in [0.1, 0.15) is 5.56 Å². The third kappa shape index (κ3) is 2.88. The van der Waals surface area contributed by atoms with Crippen LogP contribution in [0.4, 0.5) is 0 Å². The van der Waals surface area contributed by atoms with Gasteiger partial charge in [-0.1, -0.05) is 18.2 Å². The first-order chi connectivity index (χ1) is 8.68. The number of fused-ring (bicyclic) bond motifs is 1. The maximum Gasteiger partial charge on any atom is 0.321 e. The van der Waals surface area contributed by atoms with Crippen molar-refractivity contribution in [3.05, 3.63) is 36.1 Å². The molecule has 1 atom stereocenters. The summed E-state index contributed by atoms with van der Waals surface area (Å²) >= 11 is 0. The Morgan fingerprint density at radius 2 is 2.22 bits per heavy atom. The molecule has 1 aromatic heterocycles. The van der Waals surface area contributed by atoms with Gasteiger partial charge in [0.15, 0.2) is 0 Å². The monoisotopic (exact) mass is 248 g/mol. The van der Waals surface area contributed by atoms with Gasteiger partial charge in [-0.15, -0.1) is 0 Å². The molecule has 0 amide bonds. The molecule has 0 aliphatic carbocycles. The number of aliphatic carboxylic acids is 1. The normalized spacial score (nSPS) is 12.7. The van der Waals surface area contributed by atoms with Gasteiger partial charge in [-0.2, -0.15) is 0 Å². The predicted octanol–water partition coefficient (Wildman–Crippen LogP) is 0.977. The number of carboxylic acids is 1. The summed E-state index contributed by atoms with van der Waals surface area (Å²) in [5.41, 5.74) is 7.37. The van der Waals surface area contributed by atoms with Crippen LogP contribution in [0, 0.1) is 0 Å². The Labute approximate surface area is 105 Å². The Morgan fingerprint density at radius 1 is 1.44 bits per heavy atom. The lowest BCUT2D eigenvalue weighted by Crippen LogP contribution is -2.40. The summed E-state index contributed by atoms with van der Waals surface area (Å²) in [5, 5.41) is 12.7. The third-order valence-corrected chi connectivity index (χ3v) is 2.81. The molecule has 0 saturated carbocycles. The number of hydrogen-bond acceptors (Lipinski definition) is 4. The highest BCUT2D eigenvalue weighted by Crippen LogP contribution is 2.20. The molecule has 5 heteroatoms. The topological polar surface area (TPSA) is 88.5 Å². The number of rotatable bonds is 6. The lowest BCUT2D eigenvalue weighted by Gasteiger charge is -2.07. The van der Waals surface area contributed by atoms with Gasteiger partial charge >= 0.3 is 5.97 Å². The van der Waals surface area contributed by atoms with E-state index in [1.807, 2.05) is 24.3 Å². The quantitative estimate of drug-likeness (QED) is 0.663. The number of para-hydroxylation sites is 1. The van der Waals surface area contributed by atoms with E-state index in [4.69, 9.17) is 15.3 Å². The van der Waals surface area contributed by atoms with Gasteiger partial charge in [0.2, 0.25) is 0 Å². The second kappa shape index (κ2) is 5.66. The average Bonchev–Trinajstić information content (AvgIpc) is 2.77. The van der Waals surface area contributed by atoms with Gasteiger partial charge in [0.1, 0.15) is 11.6 Å². The van der Waals surface area contributed by atoms with E-state index in [1.165, 1.54) is 0 Å². The van der Waals surface area contributed by atoms with Crippen LogP contribution in [-0.2, 0) is 11.2 Å². The fraction of sp³-hybridized carbons (Fsp3) is 0.308. The number of furan rings is 1. The number of carboxylic acid groups (broad SMARTS) is 1. The number of benzene rings is 1. The third-order valence-electron chi connectivity index (χ3n) is 2.81. The Hall–Kier alpha value is -1.85. The van der Waals surface area contributed by atoms with Crippen LogP contribution >= 0.6 is 0 Å². The molecule has 18 heavy (non-hydrogen) atoms. The van der Waals surface area contributed by atoms with Crippen LogP contribution in [0.15, 0.2) is 34.9 Å². The molecule has 0 fully saturated rings. The van der Waals surface area contributed by atoms with Crippen LogP contribution in [0.25, 0.3) is 11.0 Å². The summed E-state index contributed by atoms with van der Waals surface area (Å²) in [5.74, 6) is -0.990. The summed E-state index contributed by atoms with van der Waals surface area (Å²) in [6.45, 7) is 0.940. The minimum absolute atomic E-state index is 0.269. The smallest absolute Gasteiger partial charge is 0.321 e. The molecule has 4 N–H and O–H groups in total. The van der Waals surface area contributed by atoms with Crippen molar-refractivity contribution in [1.82, 2.24) is 5.32 Å². The van der Waals surface area contributed by atoms with Gasteiger partial charge in [-0.05, 0) is 24.6 Å². The van der Waals surface area contributed by atoms with Crippen LogP contribution in [0.2, 0.25) is 0 Å². The van der Waals surface area contributed by atoms with Gasteiger partial charge < -0.3 is 20.6 Å². The van der Waals surface area contributed by atoms with Gasteiger partial charge in [0.25, 0.3) is 0 Å². The Balaban J connectivity index is 1.85. The van der Waals surface area contributed by atoms with Gasteiger partial charge in [0.05, 0.1) is 6.26 Å². The zero-order valence-electron chi connectivity index (χ0n) is 9.93. The zero-order valence-corrected chi connectivity index (χ0v) is 9.93. The lowest BCUT2D eigenvalue weighted by atomic mass is 10.1. The van der Waals surface area contributed by atoms with E-state index < -0.39 is 12.0 Å². The molecule has 0 bridgehead atoms. The first-order valence-electron chi connectivity index (χ1n) is 5.82. The van der Waals surface area contributed by atoms with Crippen LogP contribution < -0.4 is 11.1 Å². The number of nitrogens with two attached hydrogens (primary N) is 1. The molecule has 96 valence electrons. The van der Waals surface area contributed by atoms with E-state index >= 15 is 0 Å². The molecule has 0 radical (unpaired) electrons. The standard InChI is InChI=1S/C13H16N2O3/c14-11(13(16)17)7-15-6-5-9-8-18-12-4-2-1-3-10(9)12/h1-4,8,11,15H,5-7,14H2,(H,16,17). The summed E-state index contributed by atoms with van der Waals surface area (Å²) in [4.78, 5) is 10.5. The molecular weight excluding hydrogens is 232 g/mol. The van der Waals surface area contributed by atoms with Crippen LogP contribution in [0.3, 0.4) is 0 Å². The van der Waals surface area contributed by atoms with E-state index in [0.717, 1.165) is 23.0 Å². The van der Waals surface area contributed by atoms with Crippen molar-refractivity contribution in [2.75, 3.05) is 13.1 Å². The highest BCUT2D eigenvalue weighted by molar-refractivity contribution is 5.80. The molecule has 1 unspecified atom stereocenters. The molecule has 0 spiro atoms. The molecule has 0 aliphatic rings. The first-order valence-corrected chi connectivity index (χ1v) is 5.82. The fourth-order valence-electron chi connectivity index (χ4n) is 1.79. The van der Waals surface area contributed by atoms with Gasteiger partial charge in [0, 0.05) is 11.9 Å². The van der Waals surface area contributed by atoms with Crippen molar-refractivity contribution in [1.29, 1.82) is 0 Å². The highest BCUT2D eigenvalue weighted by atomic mass is 16.4. The van der Waals surface area contributed by atoms with Crippen LogP contribution in [-0.4, -0.2) is 30.2 Å². The largest absolute Gasteiger partial charge is 0.480 e. The molecule has 5 nitrogen and oxygen atoms in total. The van der Waals surface area contributed by atoms with Crippen molar-refractivity contribution < 1.29 is 14.3 Å². The van der Waals surface area contributed by atoms with Gasteiger partial charge in [-0.3, -0.25) is 4.79 Å². The Kier molecular flexibility index (Phi) is 3.96. The Morgan fingerprint density at radius 3 is 3.00 bits per heavy atom. The lowest BCUT2D eigenvalue weighted by molar-refractivity contribution is -0.138. The minimum Gasteiger partial charge on any atom is -0.480 e. The van der Waals surface area contributed by atoms with Gasteiger partial charge in [-0.25, -0.2) is 0 Å². The molecule has 1 heterocycles. The molecule has 0 saturated heterocycles. The van der Waals surface area contributed by atoms with Crippen molar-refractivity contribution in [2.24, 2.45) is 5.73 Å². The zero-order chi connectivity index (χ0) is 13.0. The van der Waals surface area contributed by atoms with Crippen molar-refractivity contribution in [3.8, 4) is 0 Å². The maximum atomic E-state index is 10.5. The Bertz CT molecular complexity index is 536. The highest BCUT2D eigenvalue weighted by Gasteiger charge is 2.10. The van der Waals surface area contributed by atoms with E-state index in [0.29, 0.717) is 6.54 Å². The second-order valence-corrected chi connectivity index (χ2v) is 4.16. The molecule has 2 rings (SSSR count). The van der Waals surface area contributed by atoms with Crippen LogP contribution in [0.5, 0.6) is 0 Å². The SMILES string of the molecule is NC(CNCCc1coc2ccccc12)C(=O)O. The molecule has 2 aromatic rings. The fourth-order valence-corrected chi connectivity index (χ4v) is 1.79. The van der Waals surface area contributed by atoms with Crippen molar-refractivity contribution in [2.45, 2.75) is 12.5 Å². The van der Waals surface area contributed by atoms with E-state index in [1.54, 1.807) is 6.26 Å². The molecule has 0 aliphatic heterocycles. The molecular formula is C13H16N2O3. The number of nitrogens with one attached hydrogen (secondary N) is 1. The van der Waals surface area contributed by atoms with Crippen molar-refractivity contribution in [3.63, 3.8) is 0 Å². The summed E-state index contributed by atoms with van der Waals surface area (Å²) in [6.07, 6.45) is 2.52. The van der Waals surface area contributed by atoms with E-state index in [-0.39, 0.29) is 6.54 Å². The summed E-state index contributed by atoms with van der Waals surface area (Å²) in [7, 11) is 0. The molecule has 1 aromatic carbocycles. The second-order valence-electron chi connectivity index (χ2n) is 4.16. The predicted molar refractivity (Wildman–Crippen MR) is 68.4 cm³/mol. The number of carbonyl (C=O) groups is 1. The first kappa shape index (κ1) is 12.6. The number of hydrogen-bond donors (Lipinski definition) is 3. The van der Waals surface area contributed by atoms with E-state index in [2.05, 4.69) is 5.32 Å². The van der Waals surface area contributed by atoms with E-state index in [9.17, 15) is 4.79 Å². The summed E-state index contributed by atoms with van der Waals surface area (Å²) < 4.78 is 5.42. The minimum atomic E-state index is -0.990. The summed E-state index contributed by atoms with van der Waals surface area (Å²) in [6, 6.07) is 6.98.